The standard InChI is InChI=1S/C13H15BrF2O3/c1-13(2,3)19-11(17)4-5-18-10-7-8(14)6-9(15)12(10)16/h6-7H,4-5H2,1-3H3. The van der Waals surface area contributed by atoms with Crippen LogP contribution in [0.2, 0.25) is 0 Å². The molecule has 6 heteroatoms. The molecular weight excluding hydrogens is 322 g/mol. The highest BCUT2D eigenvalue weighted by Crippen LogP contribution is 2.25. The first-order valence-electron chi connectivity index (χ1n) is 5.68. The first-order chi connectivity index (χ1) is 8.69. The molecular formula is C13H15BrF2O3. The zero-order chi connectivity index (χ0) is 14.6. The molecule has 0 radical (unpaired) electrons. The number of ether oxygens (including phenoxy) is 2. The van der Waals surface area contributed by atoms with Crippen LogP contribution in [0, 0.1) is 11.6 Å². The predicted molar refractivity (Wildman–Crippen MR) is 70.0 cm³/mol. The molecule has 0 N–H and O–H groups in total. The fourth-order valence-corrected chi connectivity index (χ4v) is 1.68. The van der Waals surface area contributed by atoms with Gasteiger partial charge in [-0.3, -0.25) is 4.79 Å². The molecule has 0 bridgehead atoms. The van der Waals surface area contributed by atoms with E-state index in [1.54, 1.807) is 20.8 Å². The molecule has 1 rings (SSSR count). The Kier molecular flexibility index (Phi) is 5.29. The van der Waals surface area contributed by atoms with E-state index in [4.69, 9.17) is 9.47 Å². The van der Waals surface area contributed by atoms with Crippen LogP contribution in [0.1, 0.15) is 27.2 Å². The second-order valence-electron chi connectivity index (χ2n) is 4.88. The van der Waals surface area contributed by atoms with Crippen molar-refractivity contribution in [2.75, 3.05) is 6.61 Å². The summed E-state index contributed by atoms with van der Waals surface area (Å²) in [5.74, 6) is -2.78. The number of carbonyl (C=O) groups excluding carboxylic acids is 1. The molecule has 0 heterocycles. The van der Waals surface area contributed by atoms with Crippen molar-refractivity contribution >= 4 is 21.9 Å². The van der Waals surface area contributed by atoms with Crippen molar-refractivity contribution in [3.05, 3.63) is 28.2 Å². The molecule has 0 aromatic heterocycles. The summed E-state index contributed by atoms with van der Waals surface area (Å²) in [6.45, 7) is 5.15. The lowest BCUT2D eigenvalue weighted by Gasteiger charge is -2.19. The molecule has 3 nitrogen and oxygen atoms in total. The molecule has 0 saturated heterocycles. The quantitative estimate of drug-likeness (QED) is 0.619. The van der Waals surface area contributed by atoms with Gasteiger partial charge in [-0.1, -0.05) is 15.9 Å². The Morgan fingerprint density at radius 3 is 2.53 bits per heavy atom. The van der Waals surface area contributed by atoms with Crippen LogP contribution in [0.5, 0.6) is 5.75 Å². The topological polar surface area (TPSA) is 35.5 Å². The normalized spacial score (nSPS) is 11.3. The predicted octanol–water partition coefficient (Wildman–Crippen LogP) is 3.84. The van der Waals surface area contributed by atoms with Crippen molar-refractivity contribution < 1.29 is 23.0 Å². The smallest absolute Gasteiger partial charge is 0.309 e. The van der Waals surface area contributed by atoms with E-state index in [-0.39, 0.29) is 18.8 Å². The second kappa shape index (κ2) is 6.32. The molecule has 0 spiro atoms. The van der Waals surface area contributed by atoms with E-state index < -0.39 is 23.2 Å². The van der Waals surface area contributed by atoms with Gasteiger partial charge in [0.25, 0.3) is 0 Å². The van der Waals surface area contributed by atoms with Gasteiger partial charge in [-0.05, 0) is 32.9 Å². The molecule has 106 valence electrons. The summed E-state index contributed by atoms with van der Waals surface area (Å²) in [7, 11) is 0. The molecule has 0 aliphatic carbocycles. The molecule has 1 aromatic rings. The minimum Gasteiger partial charge on any atom is -0.490 e. The zero-order valence-electron chi connectivity index (χ0n) is 10.9. The lowest BCUT2D eigenvalue weighted by atomic mass is 10.2. The van der Waals surface area contributed by atoms with E-state index in [2.05, 4.69) is 15.9 Å². The molecule has 1 aromatic carbocycles. The average Bonchev–Trinajstić information content (AvgIpc) is 2.22. The summed E-state index contributed by atoms with van der Waals surface area (Å²) in [5, 5.41) is 0. The first-order valence-corrected chi connectivity index (χ1v) is 6.47. The lowest BCUT2D eigenvalue weighted by Crippen LogP contribution is -2.24. The van der Waals surface area contributed by atoms with Crippen LogP contribution in [0.3, 0.4) is 0 Å². The van der Waals surface area contributed by atoms with Crippen LogP contribution >= 0.6 is 15.9 Å². The summed E-state index contributed by atoms with van der Waals surface area (Å²) in [6.07, 6.45) is -0.0369. The van der Waals surface area contributed by atoms with Gasteiger partial charge < -0.3 is 9.47 Å². The maximum atomic E-state index is 13.3. The van der Waals surface area contributed by atoms with Crippen LogP contribution in [0.25, 0.3) is 0 Å². The lowest BCUT2D eigenvalue weighted by molar-refractivity contribution is -0.155. The summed E-state index contributed by atoms with van der Waals surface area (Å²) >= 11 is 3.03. The summed E-state index contributed by atoms with van der Waals surface area (Å²) in [6, 6.07) is 2.30. The number of halogens is 3. The molecule has 0 amide bonds. The number of carbonyl (C=O) groups is 1. The Morgan fingerprint density at radius 2 is 1.95 bits per heavy atom. The molecule has 0 saturated carbocycles. The number of rotatable bonds is 4. The summed E-state index contributed by atoms with van der Waals surface area (Å²) in [5.41, 5.74) is -0.579. The van der Waals surface area contributed by atoms with Crippen molar-refractivity contribution in [2.24, 2.45) is 0 Å². The molecule has 0 fully saturated rings. The molecule has 0 aliphatic heterocycles. The van der Waals surface area contributed by atoms with Crippen LogP contribution < -0.4 is 4.74 Å². The van der Waals surface area contributed by atoms with Crippen LogP contribution in [0.4, 0.5) is 8.78 Å². The van der Waals surface area contributed by atoms with Gasteiger partial charge in [0.05, 0.1) is 13.0 Å². The highest BCUT2D eigenvalue weighted by atomic mass is 79.9. The van der Waals surface area contributed by atoms with Gasteiger partial charge >= 0.3 is 5.97 Å². The van der Waals surface area contributed by atoms with Crippen LogP contribution in [-0.2, 0) is 9.53 Å². The highest BCUT2D eigenvalue weighted by molar-refractivity contribution is 9.10. The molecule has 0 unspecified atom stereocenters. The van der Waals surface area contributed by atoms with Crippen molar-refractivity contribution in [2.45, 2.75) is 32.8 Å². The van der Waals surface area contributed by atoms with Gasteiger partial charge in [0.2, 0.25) is 5.82 Å². The van der Waals surface area contributed by atoms with Gasteiger partial charge in [0.1, 0.15) is 5.60 Å². The third-order valence-corrected chi connectivity index (χ3v) is 2.40. The van der Waals surface area contributed by atoms with Gasteiger partial charge in [-0.2, -0.15) is 4.39 Å². The second-order valence-corrected chi connectivity index (χ2v) is 5.80. The third kappa shape index (κ3) is 5.55. The molecule has 0 atom stereocenters. The van der Waals surface area contributed by atoms with E-state index in [1.807, 2.05) is 0 Å². The summed E-state index contributed by atoms with van der Waals surface area (Å²) < 4.78 is 36.9. The monoisotopic (exact) mass is 336 g/mol. The SMILES string of the molecule is CC(C)(C)OC(=O)CCOc1cc(Br)cc(F)c1F. The van der Waals surface area contributed by atoms with E-state index in [0.717, 1.165) is 6.07 Å². The number of benzene rings is 1. The number of hydrogen-bond acceptors (Lipinski definition) is 3. The Morgan fingerprint density at radius 1 is 1.32 bits per heavy atom. The Balaban J connectivity index is 2.52. The Bertz CT molecular complexity index is 470. The van der Waals surface area contributed by atoms with Crippen LogP contribution in [-0.4, -0.2) is 18.2 Å². The van der Waals surface area contributed by atoms with Gasteiger partial charge in [0.15, 0.2) is 11.6 Å². The van der Waals surface area contributed by atoms with Gasteiger partial charge in [-0.15, -0.1) is 0 Å². The van der Waals surface area contributed by atoms with Gasteiger partial charge in [-0.25, -0.2) is 4.39 Å². The molecule has 19 heavy (non-hydrogen) atoms. The maximum absolute atomic E-state index is 13.3. The highest BCUT2D eigenvalue weighted by Gasteiger charge is 2.17. The third-order valence-electron chi connectivity index (χ3n) is 1.94. The van der Waals surface area contributed by atoms with E-state index in [0.29, 0.717) is 4.47 Å². The van der Waals surface area contributed by atoms with Crippen molar-refractivity contribution in [3.63, 3.8) is 0 Å². The molecule has 0 aliphatic rings. The largest absolute Gasteiger partial charge is 0.490 e. The Labute approximate surface area is 119 Å². The maximum Gasteiger partial charge on any atom is 0.309 e. The van der Waals surface area contributed by atoms with E-state index >= 15 is 0 Å². The van der Waals surface area contributed by atoms with E-state index in [1.165, 1.54) is 6.07 Å². The fraction of sp³-hybridized carbons (Fsp3) is 0.462. The zero-order valence-corrected chi connectivity index (χ0v) is 12.5. The van der Waals surface area contributed by atoms with Crippen molar-refractivity contribution in [1.29, 1.82) is 0 Å². The summed E-state index contributed by atoms with van der Waals surface area (Å²) in [4.78, 5) is 11.4. The fourth-order valence-electron chi connectivity index (χ4n) is 1.27. The van der Waals surface area contributed by atoms with Gasteiger partial charge in [0, 0.05) is 4.47 Å². The van der Waals surface area contributed by atoms with Crippen molar-refractivity contribution in [3.8, 4) is 5.75 Å². The number of hydrogen-bond donors (Lipinski definition) is 0. The minimum atomic E-state index is -1.08. The number of esters is 1. The van der Waals surface area contributed by atoms with Crippen molar-refractivity contribution in [1.82, 2.24) is 0 Å². The average molecular weight is 337 g/mol. The Hall–Kier alpha value is -1.17. The first kappa shape index (κ1) is 15.9. The minimum absolute atomic E-state index is 0.0369. The van der Waals surface area contributed by atoms with E-state index in [9.17, 15) is 13.6 Å². The van der Waals surface area contributed by atoms with Crippen LogP contribution in [0.15, 0.2) is 16.6 Å².